The maximum Gasteiger partial charge on any atom is 0.0621 e. The van der Waals surface area contributed by atoms with Gasteiger partial charge in [0, 0.05) is 24.4 Å². The minimum atomic E-state index is 0.0912. The van der Waals surface area contributed by atoms with Gasteiger partial charge in [0.1, 0.15) is 0 Å². The number of nitrogens with zero attached hydrogens (tertiary/aromatic N) is 1. The Balaban J connectivity index is 1.86. The number of halogens is 1. The molecule has 1 N–H and O–H groups in total. The minimum absolute atomic E-state index is 0.0912. The highest BCUT2D eigenvalue weighted by atomic mass is 35.5. The molecule has 3 rings (SSSR count). The van der Waals surface area contributed by atoms with Crippen molar-refractivity contribution in [3.05, 3.63) is 29.0 Å². The predicted molar refractivity (Wildman–Crippen MR) is 67.9 cm³/mol. The lowest BCUT2D eigenvalue weighted by atomic mass is 9.70. The Morgan fingerprint density at radius 2 is 2.35 bits per heavy atom. The van der Waals surface area contributed by atoms with Gasteiger partial charge < -0.3 is 5.11 Å². The van der Waals surface area contributed by atoms with Gasteiger partial charge in [-0.3, -0.25) is 4.98 Å². The van der Waals surface area contributed by atoms with Crippen LogP contribution in [0.15, 0.2) is 18.5 Å². The maximum atomic E-state index is 9.83. The zero-order chi connectivity index (χ0) is 11.9. The molecule has 2 fully saturated rings. The lowest BCUT2D eigenvalue weighted by Gasteiger charge is -2.36. The van der Waals surface area contributed by atoms with E-state index in [4.69, 9.17) is 11.6 Å². The Kier molecular flexibility index (Phi) is 2.87. The highest BCUT2D eigenvalue weighted by molar-refractivity contribution is 6.31. The average Bonchev–Trinajstić information content (AvgIpc) is 2.93. The van der Waals surface area contributed by atoms with Crippen LogP contribution in [0.5, 0.6) is 0 Å². The predicted octanol–water partition coefficient (Wildman–Crippen LogP) is 3.08. The fourth-order valence-electron chi connectivity index (χ4n) is 3.95. The van der Waals surface area contributed by atoms with Crippen molar-refractivity contribution in [1.82, 2.24) is 4.98 Å². The van der Waals surface area contributed by atoms with Crippen molar-refractivity contribution < 1.29 is 5.11 Å². The van der Waals surface area contributed by atoms with Crippen LogP contribution in [0.1, 0.15) is 31.2 Å². The molecule has 2 bridgehead atoms. The van der Waals surface area contributed by atoms with E-state index in [-0.39, 0.29) is 5.41 Å². The van der Waals surface area contributed by atoms with Gasteiger partial charge in [0.2, 0.25) is 0 Å². The molecule has 0 spiro atoms. The quantitative estimate of drug-likeness (QED) is 0.896. The summed E-state index contributed by atoms with van der Waals surface area (Å²) < 4.78 is 0. The van der Waals surface area contributed by atoms with E-state index in [2.05, 4.69) is 4.98 Å². The smallest absolute Gasteiger partial charge is 0.0621 e. The van der Waals surface area contributed by atoms with Crippen LogP contribution in [0.4, 0.5) is 0 Å². The van der Waals surface area contributed by atoms with Crippen LogP contribution < -0.4 is 0 Å². The van der Waals surface area contributed by atoms with E-state index in [1.165, 1.54) is 25.7 Å². The molecule has 2 saturated carbocycles. The average molecular weight is 252 g/mol. The third-order valence-corrected chi connectivity index (χ3v) is 5.16. The molecule has 3 heteroatoms. The fourth-order valence-corrected chi connectivity index (χ4v) is 4.14. The Labute approximate surface area is 107 Å². The van der Waals surface area contributed by atoms with Crippen molar-refractivity contribution in [2.24, 2.45) is 17.3 Å². The Morgan fingerprint density at radius 3 is 2.94 bits per heavy atom. The number of fused-ring (bicyclic) bond motifs is 2. The van der Waals surface area contributed by atoms with Crippen LogP contribution in [-0.4, -0.2) is 16.7 Å². The topological polar surface area (TPSA) is 33.1 Å². The second-order valence-corrected chi connectivity index (χ2v) is 6.15. The van der Waals surface area contributed by atoms with Crippen LogP contribution in [-0.2, 0) is 6.42 Å². The van der Waals surface area contributed by atoms with Crippen molar-refractivity contribution in [2.75, 3.05) is 6.61 Å². The molecule has 3 unspecified atom stereocenters. The van der Waals surface area contributed by atoms with E-state index in [0.717, 1.165) is 22.9 Å². The Hall–Kier alpha value is -0.600. The summed E-state index contributed by atoms with van der Waals surface area (Å²) >= 11 is 6.18. The molecule has 2 aliphatic rings. The first-order valence-electron chi connectivity index (χ1n) is 6.43. The lowest BCUT2D eigenvalue weighted by molar-refractivity contribution is 0.0652. The van der Waals surface area contributed by atoms with Gasteiger partial charge in [-0.1, -0.05) is 18.0 Å². The molecule has 2 nitrogen and oxygen atoms in total. The van der Waals surface area contributed by atoms with Crippen molar-refractivity contribution >= 4 is 11.6 Å². The minimum Gasteiger partial charge on any atom is -0.396 e. The fraction of sp³-hybridized carbons (Fsp3) is 0.643. The zero-order valence-electron chi connectivity index (χ0n) is 9.90. The van der Waals surface area contributed by atoms with E-state index in [1.54, 1.807) is 12.4 Å². The van der Waals surface area contributed by atoms with Crippen molar-refractivity contribution in [1.29, 1.82) is 0 Å². The van der Waals surface area contributed by atoms with Gasteiger partial charge >= 0.3 is 0 Å². The van der Waals surface area contributed by atoms with Crippen LogP contribution in [0.2, 0.25) is 5.02 Å². The summed E-state index contributed by atoms with van der Waals surface area (Å²) in [5.41, 5.74) is 1.23. The van der Waals surface area contributed by atoms with Crippen LogP contribution in [0, 0.1) is 17.3 Å². The van der Waals surface area contributed by atoms with E-state index >= 15 is 0 Å². The number of aromatic nitrogens is 1. The molecule has 0 aliphatic heterocycles. The van der Waals surface area contributed by atoms with Crippen LogP contribution >= 0.6 is 11.6 Å². The summed E-state index contributed by atoms with van der Waals surface area (Å²) in [5.74, 6) is 1.54. The standard InChI is InChI=1S/C14H18ClNO/c15-13-8-16-4-3-11(13)7-14(9-17)6-10-1-2-12(14)5-10/h3-4,8,10,12,17H,1-2,5-7,9H2. The van der Waals surface area contributed by atoms with Gasteiger partial charge in [-0.15, -0.1) is 0 Å². The summed E-state index contributed by atoms with van der Waals surface area (Å²) in [6, 6.07) is 1.99. The Bertz CT molecular complexity index is 422. The molecule has 0 aromatic carbocycles. The second kappa shape index (κ2) is 4.25. The summed E-state index contributed by atoms with van der Waals surface area (Å²) in [6.07, 6.45) is 9.53. The third kappa shape index (κ3) is 1.88. The van der Waals surface area contributed by atoms with Crippen molar-refractivity contribution in [2.45, 2.75) is 32.1 Å². The molecule has 1 aromatic rings. The third-order valence-electron chi connectivity index (χ3n) is 4.82. The monoisotopic (exact) mass is 251 g/mol. The highest BCUT2D eigenvalue weighted by Gasteiger charge is 2.50. The summed E-state index contributed by atoms with van der Waals surface area (Å²) in [7, 11) is 0. The van der Waals surface area contributed by atoms with E-state index in [1.807, 2.05) is 6.07 Å². The molecule has 3 atom stereocenters. The van der Waals surface area contributed by atoms with Crippen molar-refractivity contribution in [3.8, 4) is 0 Å². The molecule has 0 radical (unpaired) electrons. The number of hydrogen-bond acceptors (Lipinski definition) is 2. The molecule has 0 amide bonds. The molecule has 2 aliphatic carbocycles. The van der Waals surface area contributed by atoms with Gasteiger partial charge in [-0.25, -0.2) is 0 Å². The van der Waals surface area contributed by atoms with Crippen molar-refractivity contribution in [3.63, 3.8) is 0 Å². The first-order valence-corrected chi connectivity index (χ1v) is 6.80. The summed E-state index contributed by atoms with van der Waals surface area (Å²) in [4.78, 5) is 4.02. The molecular weight excluding hydrogens is 234 g/mol. The van der Waals surface area contributed by atoms with E-state index in [0.29, 0.717) is 12.5 Å². The molecule has 1 heterocycles. The molecule has 0 saturated heterocycles. The number of rotatable bonds is 3. The summed E-state index contributed by atoms with van der Waals surface area (Å²) in [5, 5.41) is 10.6. The number of pyridine rings is 1. The van der Waals surface area contributed by atoms with Gasteiger partial charge in [0.25, 0.3) is 0 Å². The number of aliphatic hydroxyl groups is 1. The molecule has 1 aromatic heterocycles. The first kappa shape index (κ1) is 11.5. The SMILES string of the molecule is OCC1(Cc2ccncc2Cl)CC2CCC1C2. The molecular formula is C14H18ClNO. The maximum absolute atomic E-state index is 9.83. The largest absolute Gasteiger partial charge is 0.396 e. The van der Waals surface area contributed by atoms with E-state index in [9.17, 15) is 5.11 Å². The highest BCUT2D eigenvalue weighted by Crippen LogP contribution is 2.57. The number of aliphatic hydroxyl groups excluding tert-OH is 1. The Morgan fingerprint density at radius 1 is 1.47 bits per heavy atom. The van der Waals surface area contributed by atoms with Gasteiger partial charge in [0.15, 0.2) is 0 Å². The van der Waals surface area contributed by atoms with E-state index < -0.39 is 0 Å². The number of hydrogen-bond donors (Lipinski definition) is 1. The lowest BCUT2D eigenvalue weighted by Crippen LogP contribution is -2.34. The second-order valence-electron chi connectivity index (χ2n) is 5.74. The first-order chi connectivity index (χ1) is 8.23. The van der Waals surface area contributed by atoms with Gasteiger partial charge in [-0.05, 0) is 49.1 Å². The van der Waals surface area contributed by atoms with Gasteiger partial charge in [-0.2, -0.15) is 0 Å². The summed E-state index contributed by atoms with van der Waals surface area (Å²) in [6.45, 7) is 0.298. The van der Waals surface area contributed by atoms with Crippen LogP contribution in [0.3, 0.4) is 0 Å². The van der Waals surface area contributed by atoms with Gasteiger partial charge in [0.05, 0.1) is 5.02 Å². The molecule has 17 heavy (non-hydrogen) atoms. The normalized spacial score (nSPS) is 35.4. The molecule has 92 valence electrons. The zero-order valence-corrected chi connectivity index (χ0v) is 10.7. The van der Waals surface area contributed by atoms with Crippen LogP contribution in [0.25, 0.3) is 0 Å².